The van der Waals surface area contributed by atoms with E-state index in [1.54, 1.807) is 31.2 Å². The summed E-state index contributed by atoms with van der Waals surface area (Å²) >= 11 is 0. The molecular formula is C12H15N3O3S. The first-order chi connectivity index (χ1) is 8.89. The number of hydrogen-bond acceptors (Lipinski definition) is 5. The monoisotopic (exact) mass is 281 g/mol. The molecule has 1 heterocycles. The van der Waals surface area contributed by atoms with E-state index in [2.05, 4.69) is 10.1 Å². The van der Waals surface area contributed by atoms with Gasteiger partial charge in [-0.2, -0.15) is 9.29 Å². The fourth-order valence-electron chi connectivity index (χ4n) is 1.58. The molecule has 0 aliphatic carbocycles. The highest BCUT2D eigenvalue weighted by molar-refractivity contribution is 7.89. The van der Waals surface area contributed by atoms with Gasteiger partial charge in [-0.25, -0.2) is 8.42 Å². The maximum atomic E-state index is 12.3. The average Bonchev–Trinajstić information content (AvgIpc) is 2.75. The Morgan fingerprint density at radius 1 is 1.21 bits per heavy atom. The summed E-state index contributed by atoms with van der Waals surface area (Å²) in [6.07, 6.45) is 0. The molecule has 0 aliphatic rings. The fourth-order valence-corrected chi connectivity index (χ4v) is 2.71. The molecule has 1 aromatic heterocycles. The second kappa shape index (κ2) is 5.10. The number of rotatable bonds is 4. The van der Waals surface area contributed by atoms with Crippen molar-refractivity contribution in [1.82, 2.24) is 14.4 Å². The van der Waals surface area contributed by atoms with Gasteiger partial charge in [0.25, 0.3) is 0 Å². The van der Waals surface area contributed by atoms with Crippen LogP contribution in [0.4, 0.5) is 0 Å². The molecule has 19 heavy (non-hydrogen) atoms. The van der Waals surface area contributed by atoms with E-state index in [1.165, 1.54) is 11.4 Å². The number of benzene rings is 1. The van der Waals surface area contributed by atoms with Gasteiger partial charge in [-0.1, -0.05) is 22.9 Å². The molecule has 0 N–H and O–H groups in total. The summed E-state index contributed by atoms with van der Waals surface area (Å²) in [6.45, 7) is 3.64. The van der Waals surface area contributed by atoms with E-state index in [0.29, 0.717) is 11.7 Å². The van der Waals surface area contributed by atoms with Crippen LogP contribution in [0, 0.1) is 13.8 Å². The van der Waals surface area contributed by atoms with E-state index in [0.717, 1.165) is 5.56 Å². The third kappa shape index (κ3) is 2.99. The molecule has 0 saturated heterocycles. The van der Waals surface area contributed by atoms with Crippen molar-refractivity contribution in [2.45, 2.75) is 25.3 Å². The molecule has 0 radical (unpaired) electrons. The fraction of sp³-hybridized carbons (Fsp3) is 0.333. The summed E-state index contributed by atoms with van der Waals surface area (Å²) in [5.41, 5.74) is 1.01. The largest absolute Gasteiger partial charge is 0.340 e. The van der Waals surface area contributed by atoms with Crippen molar-refractivity contribution < 1.29 is 12.9 Å². The Labute approximate surface area is 112 Å². The van der Waals surface area contributed by atoms with E-state index in [1.807, 2.05) is 6.92 Å². The Morgan fingerprint density at radius 3 is 2.37 bits per heavy atom. The lowest BCUT2D eigenvalue weighted by atomic mass is 10.2. The topological polar surface area (TPSA) is 76.3 Å². The second-order valence-electron chi connectivity index (χ2n) is 4.30. The van der Waals surface area contributed by atoms with Crippen LogP contribution in [0.15, 0.2) is 33.7 Å². The van der Waals surface area contributed by atoms with Crippen molar-refractivity contribution in [3.8, 4) is 0 Å². The number of aromatic nitrogens is 2. The van der Waals surface area contributed by atoms with Crippen molar-refractivity contribution >= 4 is 10.0 Å². The Morgan fingerprint density at radius 2 is 1.84 bits per heavy atom. The van der Waals surface area contributed by atoms with Crippen LogP contribution in [-0.4, -0.2) is 29.9 Å². The molecule has 0 aliphatic heterocycles. The van der Waals surface area contributed by atoms with E-state index in [9.17, 15) is 8.42 Å². The standard InChI is InChI=1S/C12H15N3O3S/c1-9-4-6-11(7-5-9)19(16,17)15(3)8-12-13-10(2)18-14-12/h4-7H,8H2,1-3H3. The van der Waals surface area contributed by atoms with Crippen LogP contribution >= 0.6 is 0 Å². The molecule has 1 aromatic carbocycles. The summed E-state index contributed by atoms with van der Waals surface area (Å²) < 4.78 is 30.6. The molecule has 0 atom stereocenters. The van der Waals surface area contributed by atoms with Gasteiger partial charge in [-0.15, -0.1) is 0 Å². The zero-order chi connectivity index (χ0) is 14.0. The SMILES string of the molecule is Cc1ccc(S(=O)(=O)N(C)Cc2noc(C)n2)cc1. The van der Waals surface area contributed by atoms with Gasteiger partial charge in [-0.3, -0.25) is 0 Å². The Balaban J connectivity index is 2.21. The summed E-state index contributed by atoms with van der Waals surface area (Å²) in [5, 5.41) is 3.68. The van der Waals surface area contributed by atoms with Gasteiger partial charge in [0.15, 0.2) is 5.82 Å². The highest BCUT2D eigenvalue weighted by Crippen LogP contribution is 2.16. The van der Waals surface area contributed by atoms with Crippen molar-refractivity contribution in [3.05, 3.63) is 41.5 Å². The molecule has 2 aromatic rings. The highest BCUT2D eigenvalue weighted by atomic mass is 32.2. The number of aryl methyl sites for hydroxylation is 2. The molecule has 102 valence electrons. The maximum Gasteiger partial charge on any atom is 0.243 e. The average molecular weight is 281 g/mol. The van der Waals surface area contributed by atoms with E-state index in [-0.39, 0.29) is 11.4 Å². The Hall–Kier alpha value is -1.73. The molecule has 0 fully saturated rings. The number of nitrogens with zero attached hydrogens (tertiary/aromatic N) is 3. The third-order valence-electron chi connectivity index (χ3n) is 2.66. The van der Waals surface area contributed by atoms with Gasteiger partial charge in [0.05, 0.1) is 11.4 Å². The second-order valence-corrected chi connectivity index (χ2v) is 6.35. The lowest BCUT2D eigenvalue weighted by molar-refractivity contribution is 0.377. The highest BCUT2D eigenvalue weighted by Gasteiger charge is 2.22. The summed E-state index contributed by atoms with van der Waals surface area (Å²) in [5.74, 6) is 0.756. The predicted octanol–water partition coefficient (Wildman–Crippen LogP) is 1.51. The summed E-state index contributed by atoms with van der Waals surface area (Å²) in [4.78, 5) is 4.24. The van der Waals surface area contributed by atoms with Crippen LogP contribution in [0.1, 0.15) is 17.3 Å². The molecule has 0 spiro atoms. The minimum absolute atomic E-state index is 0.0769. The molecule has 0 amide bonds. The van der Waals surface area contributed by atoms with Crippen molar-refractivity contribution in [1.29, 1.82) is 0 Å². The first kappa shape index (κ1) is 13.7. The van der Waals surface area contributed by atoms with Gasteiger partial charge in [0, 0.05) is 14.0 Å². The lowest BCUT2D eigenvalue weighted by Gasteiger charge is -2.15. The molecule has 0 saturated carbocycles. The summed E-state index contributed by atoms with van der Waals surface area (Å²) in [7, 11) is -2.05. The van der Waals surface area contributed by atoms with Crippen LogP contribution in [0.2, 0.25) is 0 Å². The number of hydrogen-bond donors (Lipinski definition) is 0. The van der Waals surface area contributed by atoms with Crippen molar-refractivity contribution in [2.24, 2.45) is 0 Å². The molecule has 0 bridgehead atoms. The van der Waals surface area contributed by atoms with Gasteiger partial charge in [0.2, 0.25) is 15.9 Å². The maximum absolute atomic E-state index is 12.3. The molecular weight excluding hydrogens is 266 g/mol. The number of sulfonamides is 1. The summed E-state index contributed by atoms with van der Waals surface area (Å²) in [6, 6.07) is 6.70. The normalized spacial score (nSPS) is 12.0. The lowest BCUT2D eigenvalue weighted by Crippen LogP contribution is -2.27. The van der Waals surface area contributed by atoms with E-state index < -0.39 is 10.0 Å². The van der Waals surface area contributed by atoms with Gasteiger partial charge >= 0.3 is 0 Å². The van der Waals surface area contributed by atoms with Crippen LogP contribution in [-0.2, 0) is 16.6 Å². The minimum Gasteiger partial charge on any atom is -0.340 e. The van der Waals surface area contributed by atoms with E-state index in [4.69, 9.17) is 4.52 Å². The first-order valence-electron chi connectivity index (χ1n) is 5.72. The quantitative estimate of drug-likeness (QED) is 0.849. The van der Waals surface area contributed by atoms with Crippen molar-refractivity contribution in [2.75, 3.05) is 7.05 Å². The Kier molecular flexibility index (Phi) is 3.68. The molecule has 2 rings (SSSR count). The van der Waals surface area contributed by atoms with Gasteiger partial charge < -0.3 is 4.52 Å². The zero-order valence-corrected chi connectivity index (χ0v) is 11.8. The van der Waals surface area contributed by atoms with Crippen LogP contribution < -0.4 is 0 Å². The van der Waals surface area contributed by atoms with E-state index >= 15 is 0 Å². The molecule has 6 nitrogen and oxygen atoms in total. The van der Waals surface area contributed by atoms with Gasteiger partial charge in [0.1, 0.15) is 0 Å². The third-order valence-corrected chi connectivity index (χ3v) is 4.48. The van der Waals surface area contributed by atoms with Crippen LogP contribution in [0.25, 0.3) is 0 Å². The predicted molar refractivity (Wildman–Crippen MR) is 68.9 cm³/mol. The molecule has 7 heteroatoms. The zero-order valence-electron chi connectivity index (χ0n) is 11.0. The van der Waals surface area contributed by atoms with Gasteiger partial charge in [-0.05, 0) is 19.1 Å². The van der Waals surface area contributed by atoms with Crippen molar-refractivity contribution in [3.63, 3.8) is 0 Å². The van der Waals surface area contributed by atoms with Crippen LogP contribution in [0.3, 0.4) is 0 Å². The molecule has 0 unspecified atom stereocenters. The smallest absolute Gasteiger partial charge is 0.243 e. The minimum atomic E-state index is -3.53. The van der Waals surface area contributed by atoms with Crippen LogP contribution in [0.5, 0.6) is 0 Å². The Bertz CT molecular complexity index is 662. The first-order valence-corrected chi connectivity index (χ1v) is 7.16.